The number of para-hydroxylation sites is 4. The van der Waals surface area contributed by atoms with E-state index in [1.165, 1.54) is 25.5 Å². The summed E-state index contributed by atoms with van der Waals surface area (Å²) < 4.78 is 54.3. The van der Waals surface area contributed by atoms with Gasteiger partial charge in [0, 0.05) is 100 Å². The average Bonchev–Trinajstić information content (AvgIpc) is 1.66. The minimum atomic E-state index is -1.15. The quantitative estimate of drug-likeness (QED) is 0.0378. The van der Waals surface area contributed by atoms with Crippen molar-refractivity contribution < 1.29 is 109 Å². The molecule has 762 valence electrons. The van der Waals surface area contributed by atoms with Crippen molar-refractivity contribution in [2.45, 2.75) is 225 Å². The first-order valence-electron chi connectivity index (χ1n) is 50.0. The van der Waals surface area contributed by atoms with Crippen LogP contribution < -0.4 is 72.4 Å². The second-order valence-electron chi connectivity index (χ2n) is 39.6. The zero-order valence-corrected chi connectivity index (χ0v) is 88.2. The molecule has 4 amide bonds. The Labute approximate surface area is 868 Å². The van der Waals surface area contributed by atoms with Crippen LogP contribution in [-0.2, 0) is 73.5 Å². The van der Waals surface area contributed by atoms with Gasteiger partial charge in [0.05, 0.1) is 50.5 Å². The van der Waals surface area contributed by atoms with Crippen LogP contribution in [0.25, 0.3) is 43.6 Å². The Balaban J connectivity index is 0.000000113. The third kappa shape index (κ3) is 18.8. The number of methoxy groups -OCH3 is 2. The second-order valence-corrected chi connectivity index (χ2v) is 55.9. The molecule has 13 heterocycles. The van der Waals surface area contributed by atoms with E-state index in [-0.39, 0.29) is 92.4 Å². The smallest absolute Gasteiger partial charge is 0.321 e. The van der Waals surface area contributed by atoms with Gasteiger partial charge in [-0.25, -0.2) is 9.59 Å². The molecule has 4 saturated carbocycles. The maximum atomic E-state index is 14.4. The number of rotatable bonds is 13. The van der Waals surface area contributed by atoms with Gasteiger partial charge in [0.15, 0.2) is 46.0 Å². The number of amides is 4. The number of ether oxygens (including phenoxy) is 10. The Morgan fingerprint density at radius 1 is 0.414 bits per heavy atom. The van der Waals surface area contributed by atoms with Gasteiger partial charge in [-0.15, -0.1) is 0 Å². The van der Waals surface area contributed by atoms with E-state index in [9.17, 15) is 48.6 Å². The molecule has 0 radical (unpaired) electrons. The minimum absolute atomic E-state index is 0.0446. The van der Waals surface area contributed by atoms with Gasteiger partial charge >= 0.3 is 74.4 Å². The zero-order chi connectivity index (χ0) is 101. The number of likely N-dealkylation sites (N-methyl/N-ethyl adjacent to an activating group) is 4. The molecule has 1 saturated heterocycles. The third-order valence-electron chi connectivity index (χ3n) is 32.3. The van der Waals surface area contributed by atoms with Gasteiger partial charge in [-0.2, -0.15) is 0 Å². The normalized spacial score (nSPS) is 22.5. The van der Waals surface area contributed by atoms with Crippen LogP contribution in [0.5, 0.6) is 46.0 Å². The number of benzene rings is 8. The number of aliphatic carboxylic acids is 2. The largest absolute Gasteiger partial charge is 0.480 e. The van der Waals surface area contributed by atoms with Crippen molar-refractivity contribution in [3.8, 4) is 46.0 Å². The first kappa shape index (κ1) is 100. The number of carbonyl (C=O) groups is 8. The van der Waals surface area contributed by atoms with Crippen molar-refractivity contribution in [3.05, 3.63) is 237 Å². The van der Waals surface area contributed by atoms with Gasteiger partial charge in [0.25, 0.3) is 0 Å². The Hall–Kier alpha value is -11.9. The second kappa shape index (κ2) is 42.5. The number of halogens is 3. The fourth-order valence-corrected chi connectivity index (χ4v) is 24.5. The van der Waals surface area contributed by atoms with E-state index in [4.69, 9.17) is 47.4 Å². The summed E-state index contributed by atoms with van der Waals surface area (Å²) >= 11 is 5.30. The van der Waals surface area contributed by atoms with Gasteiger partial charge < -0.3 is 102 Å². The van der Waals surface area contributed by atoms with Crippen LogP contribution in [0.3, 0.4) is 0 Å². The number of fused-ring (bicyclic) bond motifs is 17. The van der Waals surface area contributed by atoms with Crippen molar-refractivity contribution >= 4 is 128 Å². The van der Waals surface area contributed by atoms with Crippen LogP contribution in [0.2, 0.25) is 0 Å². The van der Waals surface area contributed by atoms with Gasteiger partial charge in [-0.1, -0.05) is 174 Å². The molecule has 0 bridgehead atoms. The predicted molar refractivity (Wildman–Crippen MR) is 555 cm³/mol. The molecule has 145 heavy (non-hydrogen) atoms. The molecule has 35 heteroatoms. The van der Waals surface area contributed by atoms with E-state index >= 15 is 0 Å². The molecule has 32 nitrogen and oxygen atoms in total. The molecule has 10 N–H and O–H groups in total. The molecule has 12 aromatic rings. The van der Waals surface area contributed by atoms with Crippen LogP contribution >= 0.6 is 37.2 Å². The first-order valence-corrected chi connectivity index (χ1v) is 62.6. The van der Waals surface area contributed by atoms with E-state index in [1.54, 1.807) is 23.9 Å². The fraction of sp³-hybridized carbons (Fsp3) is 0.418. The van der Waals surface area contributed by atoms with Crippen molar-refractivity contribution in [1.82, 2.24) is 60.8 Å². The van der Waals surface area contributed by atoms with Gasteiger partial charge in [-0.3, -0.25) is 44.7 Å². The van der Waals surface area contributed by atoms with Crippen molar-refractivity contribution in [3.63, 3.8) is 0 Å². The summed E-state index contributed by atoms with van der Waals surface area (Å²) in [4.78, 5) is 126. The van der Waals surface area contributed by atoms with Crippen LogP contribution in [0.4, 0.5) is 0 Å². The Morgan fingerprint density at radius 2 is 0.738 bits per heavy atom. The maximum absolute atomic E-state index is 14.4. The molecule has 5 fully saturated rings. The standard InChI is InChI=1S/C28H31N3O5.C27H29N3O5.C27H27N3O4.C19H16N2O4.C9H17NO2.I3/c1-31(28(27(33)34-2)12-6-3-7-13-28)26(32)21-15-19-18-8-4-5-9-20(18)29-25(19)24(30-21)17-10-11-22-23(14-17)36-16-35-22;1-30(27(26(32)33)11-5-2-6-12-27)25(31)20-14-18-17-7-3-4-8-19(17)28-24(18)23(29-20)16-9-10-21-22(13-16)35-15-34-21;1-29-25(31)20-14-18-17-7-3-4-8-19(17)28-23(18)24(16-9-10-21-22(13-16)34-15-33-21)30(20)26(32)27(29)11-5-2-6-12-27;22-19(23)14-8-12-11-3-1-2-4-13(11)20-18(12)17(21-14)10-5-6-15-16(7-10)25-9-24-15;1-10-9(8(11)12-2)6-4-3-5-7-9;1-3-2/h4-5,8-11,14,21,24,29-30H,3,6-7,12-13,15-16H2,1-2H3;3-4,7-10,13,20,23,28-29H,2,5-6,11-12,14-15H2,1H3,(H,32,33);3-4,7-10,13,20,24,28H,2,5-6,11-12,14-15H2,1H3;1-7,14,17,20-21H,8-9H2,(H,22,23);10H,3-7H2,1-2H3;/q;;;;;-1/t21-,24-;20-,23-;20?,24-;14-,17-;;/m1111../s1. The molecule has 9 aliphatic heterocycles. The number of piperazine rings is 1. The maximum Gasteiger partial charge on any atom is 0.321 e. The predicted octanol–water partition coefficient (Wildman–Crippen LogP) is 13.9. The number of carboxylic acids is 2. The molecule has 8 atom stereocenters. The number of hydrogen-bond acceptors (Lipinski definition) is 22. The van der Waals surface area contributed by atoms with Gasteiger partial charge in [0.1, 0.15) is 34.2 Å². The Bertz CT molecular complexity index is 6930. The Kier molecular flexibility index (Phi) is 29.4. The van der Waals surface area contributed by atoms with Crippen molar-refractivity contribution in [2.24, 2.45) is 0 Å². The number of nitrogens with one attached hydrogen (secondary N) is 8. The Morgan fingerprint density at radius 3 is 1.12 bits per heavy atom. The van der Waals surface area contributed by atoms with Gasteiger partial charge in [0.2, 0.25) is 50.8 Å². The molecule has 4 aliphatic carbocycles. The summed E-state index contributed by atoms with van der Waals surface area (Å²) in [5.74, 6) is 3.24. The van der Waals surface area contributed by atoms with Crippen molar-refractivity contribution in [1.29, 1.82) is 0 Å². The van der Waals surface area contributed by atoms with Crippen LogP contribution in [0.15, 0.2) is 170 Å². The number of H-pyrrole nitrogens is 4. The van der Waals surface area contributed by atoms with Crippen LogP contribution in [0.1, 0.15) is 220 Å². The summed E-state index contributed by atoms with van der Waals surface area (Å²) in [6.45, 7) is 0.804. The zero-order valence-electron chi connectivity index (χ0n) is 81.7. The van der Waals surface area contributed by atoms with Crippen molar-refractivity contribution in [2.75, 3.05) is 69.6 Å². The molecule has 13 aliphatic rings. The SMILES string of the molecule is CN(C(=O)[C@H]1Cc2c([nH]c3ccccc23)[C@@H](c2ccc3c(c2)OCO3)N1)C1(C(=O)O)CCCCC1.CN1C(=O)C2Cc3c([nH]c4ccccc34)[C@@H](c3ccc4c(c3)OCO4)N2C(=O)C12CCCCC2.CNC1(C(=O)OC)CCCCC1.COC(=O)C1(N(C)C(=O)[C@H]2Cc3c([nH]c4ccccc34)[C@@H](c3ccc4c(c3)OCO4)N2)CCCCC1.I[I-]I.O=C(O)[C@H]1Cc2c([nH]c3ccccc23)[C@@H](c2ccc3c(c2)OCO3)N1. The molecule has 25 rings (SSSR count). The fourth-order valence-electron chi connectivity index (χ4n) is 24.5. The number of aromatic amines is 4. The van der Waals surface area contributed by atoms with Gasteiger partial charge in [-0.05, 0) is 189 Å². The average molecular weight is 2310 g/mol. The monoisotopic (exact) mass is 2310 g/mol. The number of carboxylic acid groups (broad SMARTS) is 2. The number of nitrogens with zero attached hydrogens (tertiary/aromatic N) is 4. The summed E-state index contributed by atoms with van der Waals surface area (Å²) in [5.41, 5.74) is 13.2. The first-order chi connectivity index (χ1) is 70.4. The van der Waals surface area contributed by atoms with E-state index in [2.05, 4.69) is 109 Å². The number of carbonyl (C=O) groups excluding carboxylic acids is 6. The molecule has 1 unspecified atom stereocenters. The summed E-state index contributed by atoms with van der Waals surface area (Å²) in [6, 6.07) is 52.4. The molecule has 4 aromatic heterocycles. The molecular formula is C110H120I3N12O20-. The minimum Gasteiger partial charge on any atom is -0.480 e. The third-order valence-corrected chi connectivity index (χ3v) is 32.3. The summed E-state index contributed by atoms with van der Waals surface area (Å²) in [7, 11) is 9.95. The van der Waals surface area contributed by atoms with E-state index in [0.29, 0.717) is 105 Å². The van der Waals surface area contributed by atoms with E-state index in [0.717, 1.165) is 213 Å². The van der Waals surface area contributed by atoms with E-state index in [1.807, 2.05) is 159 Å². The number of aromatic nitrogens is 4. The molecule has 1 spiro atoms. The number of hydrogen-bond donors (Lipinski definition) is 10. The van der Waals surface area contributed by atoms with Crippen LogP contribution in [0, 0.1) is 0 Å². The number of esters is 2. The van der Waals surface area contributed by atoms with E-state index < -0.39 is 52.7 Å². The topological polar surface area (TPSA) is 394 Å². The van der Waals surface area contributed by atoms with Crippen LogP contribution in [-0.4, -0.2) is 213 Å². The molecule has 8 aromatic carbocycles. The summed E-state index contributed by atoms with van der Waals surface area (Å²) in [6.07, 6.45) is 19.5. The summed E-state index contributed by atoms with van der Waals surface area (Å²) in [5, 5.41) is 37.6. The molecular weight excluding hydrogens is 2190 g/mol.